The molecule has 2 rings (SSSR count). The van der Waals surface area contributed by atoms with Gasteiger partial charge in [0.25, 0.3) is 0 Å². The molecule has 19 heavy (non-hydrogen) atoms. The van der Waals surface area contributed by atoms with Crippen LogP contribution in [0.3, 0.4) is 0 Å². The molecule has 0 aromatic rings. The molecule has 1 spiro atoms. The fourth-order valence-electron chi connectivity index (χ4n) is 3.35. The third-order valence-corrected chi connectivity index (χ3v) is 4.48. The molecule has 2 aliphatic rings. The molecule has 1 amide bonds. The number of nitrogens with zero attached hydrogens (tertiary/aromatic N) is 1. The Balaban J connectivity index is 1.94. The number of hydrogen-bond acceptors (Lipinski definition) is 3. The summed E-state index contributed by atoms with van der Waals surface area (Å²) < 4.78 is 5.38. The van der Waals surface area contributed by atoms with Crippen LogP contribution in [0.4, 0.5) is 4.79 Å². The number of amides is 1. The van der Waals surface area contributed by atoms with Crippen LogP contribution < -0.4 is 0 Å². The lowest BCUT2D eigenvalue weighted by Crippen LogP contribution is -2.54. The minimum Gasteiger partial charge on any atom is -0.444 e. The fourth-order valence-corrected chi connectivity index (χ4v) is 3.35. The summed E-state index contributed by atoms with van der Waals surface area (Å²) in [4.78, 5) is 13.7. The summed E-state index contributed by atoms with van der Waals surface area (Å²) in [6.07, 6.45) is 6.14. The maximum absolute atomic E-state index is 12.0. The van der Waals surface area contributed by atoms with Gasteiger partial charge in [-0.05, 0) is 45.4 Å². The molecule has 4 nitrogen and oxygen atoms in total. The molecular weight excluding hydrogens is 242 g/mol. The Kier molecular flexibility index (Phi) is 4.09. The van der Waals surface area contributed by atoms with Gasteiger partial charge in [0, 0.05) is 6.54 Å². The molecule has 1 heterocycles. The number of aliphatic hydroxyl groups excluding tert-OH is 1. The summed E-state index contributed by atoms with van der Waals surface area (Å²) in [5, 5.41) is 10.5. The lowest BCUT2D eigenvalue weighted by molar-refractivity contribution is -0.0695. The first-order chi connectivity index (χ1) is 8.82. The molecule has 1 saturated carbocycles. The summed E-state index contributed by atoms with van der Waals surface area (Å²) in [7, 11) is 0. The van der Waals surface area contributed by atoms with Gasteiger partial charge in [0.15, 0.2) is 0 Å². The van der Waals surface area contributed by atoms with E-state index in [0.717, 1.165) is 19.3 Å². The van der Waals surface area contributed by atoms with Crippen molar-refractivity contribution in [2.45, 2.75) is 71.0 Å². The molecule has 1 aliphatic heterocycles. The predicted octanol–water partition coefficient (Wildman–Crippen LogP) is 2.94. The first-order valence-corrected chi connectivity index (χ1v) is 7.48. The molecule has 1 unspecified atom stereocenters. The number of carbonyl (C=O) groups is 1. The first kappa shape index (κ1) is 14.6. The van der Waals surface area contributed by atoms with E-state index in [1.807, 2.05) is 20.8 Å². The highest BCUT2D eigenvalue weighted by molar-refractivity contribution is 5.68. The number of ether oxygens (including phenoxy) is 1. The van der Waals surface area contributed by atoms with E-state index in [0.29, 0.717) is 13.1 Å². The van der Waals surface area contributed by atoms with E-state index in [2.05, 4.69) is 0 Å². The topological polar surface area (TPSA) is 49.8 Å². The zero-order valence-electron chi connectivity index (χ0n) is 12.4. The van der Waals surface area contributed by atoms with Gasteiger partial charge in [-0.2, -0.15) is 0 Å². The van der Waals surface area contributed by atoms with Crippen LogP contribution in [0.2, 0.25) is 0 Å². The minimum atomic E-state index is -0.470. The molecule has 0 aromatic carbocycles. The third kappa shape index (κ3) is 3.41. The molecule has 1 atom stereocenters. The van der Waals surface area contributed by atoms with E-state index in [1.54, 1.807) is 4.90 Å². The lowest BCUT2D eigenvalue weighted by Gasteiger charge is -2.47. The third-order valence-electron chi connectivity index (χ3n) is 4.48. The quantitative estimate of drug-likeness (QED) is 0.735. The Morgan fingerprint density at radius 1 is 1.21 bits per heavy atom. The van der Waals surface area contributed by atoms with E-state index in [9.17, 15) is 9.90 Å². The Bertz CT molecular complexity index is 329. The number of aliphatic hydroxyl groups is 1. The van der Waals surface area contributed by atoms with Crippen LogP contribution in [-0.2, 0) is 4.74 Å². The zero-order chi connectivity index (χ0) is 14.1. The van der Waals surface area contributed by atoms with Gasteiger partial charge in [0.05, 0.1) is 12.6 Å². The smallest absolute Gasteiger partial charge is 0.410 e. The molecule has 1 aliphatic carbocycles. The highest BCUT2D eigenvalue weighted by Gasteiger charge is 2.44. The van der Waals surface area contributed by atoms with Crippen molar-refractivity contribution in [3.05, 3.63) is 0 Å². The number of carbonyl (C=O) groups excluding carboxylic acids is 1. The van der Waals surface area contributed by atoms with E-state index in [1.165, 1.54) is 19.3 Å². The fraction of sp³-hybridized carbons (Fsp3) is 0.933. The van der Waals surface area contributed by atoms with Gasteiger partial charge >= 0.3 is 6.09 Å². The maximum atomic E-state index is 12.0. The van der Waals surface area contributed by atoms with Gasteiger partial charge in [-0.1, -0.05) is 19.3 Å². The number of likely N-dealkylation sites (tertiary alicyclic amines) is 1. The number of β-amino-alcohol motifs (C(OH)–C–C–N with tert-alkyl or cyclic N) is 1. The van der Waals surface area contributed by atoms with E-state index in [4.69, 9.17) is 4.74 Å². The Hall–Kier alpha value is -0.770. The molecular formula is C15H27NO3. The van der Waals surface area contributed by atoms with Crippen LogP contribution in [0.5, 0.6) is 0 Å². The van der Waals surface area contributed by atoms with Gasteiger partial charge in [0.1, 0.15) is 5.60 Å². The highest BCUT2D eigenvalue weighted by atomic mass is 16.6. The number of piperidine rings is 1. The van der Waals surface area contributed by atoms with Crippen molar-refractivity contribution in [2.24, 2.45) is 5.41 Å². The van der Waals surface area contributed by atoms with Crippen molar-refractivity contribution in [1.29, 1.82) is 0 Å². The second kappa shape index (κ2) is 5.31. The Morgan fingerprint density at radius 2 is 1.84 bits per heavy atom. The van der Waals surface area contributed by atoms with Gasteiger partial charge in [0.2, 0.25) is 0 Å². The molecule has 1 saturated heterocycles. The van der Waals surface area contributed by atoms with Gasteiger partial charge < -0.3 is 14.7 Å². The summed E-state index contributed by atoms with van der Waals surface area (Å²) in [5.41, 5.74) is -0.404. The van der Waals surface area contributed by atoms with Crippen LogP contribution in [-0.4, -0.2) is 40.9 Å². The average Bonchev–Trinajstić information content (AvgIpc) is 2.32. The molecule has 110 valence electrons. The van der Waals surface area contributed by atoms with Crippen molar-refractivity contribution in [3.8, 4) is 0 Å². The van der Waals surface area contributed by atoms with Crippen molar-refractivity contribution < 1.29 is 14.6 Å². The van der Waals surface area contributed by atoms with Crippen LogP contribution in [0.25, 0.3) is 0 Å². The molecule has 2 fully saturated rings. The van der Waals surface area contributed by atoms with Crippen LogP contribution >= 0.6 is 0 Å². The van der Waals surface area contributed by atoms with Crippen molar-refractivity contribution >= 4 is 6.09 Å². The van der Waals surface area contributed by atoms with Gasteiger partial charge in [-0.25, -0.2) is 4.79 Å². The number of hydrogen-bond donors (Lipinski definition) is 1. The lowest BCUT2D eigenvalue weighted by atomic mass is 9.66. The maximum Gasteiger partial charge on any atom is 0.410 e. The van der Waals surface area contributed by atoms with E-state index >= 15 is 0 Å². The van der Waals surface area contributed by atoms with Crippen molar-refractivity contribution in [1.82, 2.24) is 4.90 Å². The summed E-state index contributed by atoms with van der Waals surface area (Å²) in [6, 6.07) is 0. The van der Waals surface area contributed by atoms with Crippen LogP contribution in [0.1, 0.15) is 59.3 Å². The zero-order valence-corrected chi connectivity index (χ0v) is 12.4. The molecule has 0 bridgehead atoms. The summed E-state index contributed by atoms with van der Waals surface area (Å²) in [6.45, 7) is 6.75. The highest BCUT2D eigenvalue weighted by Crippen LogP contribution is 2.44. The normalized spacial score (nSPS) is 27.4. The Morgan fingerprint density at radius 3 is 2.37 bits per heavy atom. The van der Waals surface area contributed by atoms with E-state index in [-0.39, 0.29) is 11.5 Å². The van der Waals surface area contributed by atoms with Crippen molar-refractivity contribution in [2.75, 3.05) is 13.1 Å². The molecule has 4 heteroatoms. The van der Waals surface area contributed by atoms with Crippen molar-refractivity contribution in [3.63, 3.8) is 0 Å². The predicted molar refractivity (Wildman–Crippen MR) is 73.9 cm³/mol. The van der Waals surface area contributed by atoms with Crippen LogP contribution in [0, 0.1) is 5.41 Å². The summed E-state index contributed by atoms with van der Waals surface area (Å²) >= 11 is 0. The van der Waals surface area contributed by atoms with Crippen LogP contribution in [0.15, 0.2) is 0 Å². The van der Waals surface area contributed by atoms with Gasteiger partial charge in [-0.3, -0.25) is 0 Å². The minimum absolute atomic E-state index is 0.0662. The number of rotatable bonds is 0. The summed E-state index contributed by atoms with van der Waals surface area (Å²) in [5.74, 6) is 0. The second-order valence-electron chi connectivity index (χ2n) is 7.12. The van der Waals surface area contributed by atoms with E-state index < -0.39 is 11.7 Å². The first-order valence-electron chi connectivity index (χ1n) is 7.48. The standard InChI is InChI=1S/C15H27NO3/c1-14(2,3)19-13(18)16-10-9-15(12(17)11-16)7-5-4-6-8-15/h12,17H,4-11H2,1-3H3. The second-order valence-corrected chi connectivity index (χ2v) is 7.12. The van der Waals surface area contributed by atoms with Gasteiger partial charge in [-0.15, -0.1) is 0 Å². The average molecular weight is 269 g/mol. The monoisotopic (exact) mass is 269 g/mol. The molecule has 1 N–H and O–H groups in total. The molecule has 0 aromatic heterocycles. The largest absolute Gasteiger partial charge is 0.444 e. The SMILES string of the molecule is CC(C)(C)OC(=O)N1CCC2(CCCCC2)C(O)C1. The Labute approximate surface area is 116 Å². The molecule has 0 radical (unpaired) electrons.